The first-order valence-electron chi connectivity index (χ1n) is 8.37. The third-order valence-electron chi connectivity index (χ3n) is 4.97. The minimum Gasteiger partial charge on any atom is -0.349 e. The molecule has 2 heterocycles. The van der Waals surface area contributed by atoms with Crippen molar-refractivity contribution >= 4 is 5.91 Å². The Labute approximate surface area is 135 Å². The number of nitrogens with zero attached hydrogens (tertiary/aromatic N) is 1. The third-order valence-corrected chi connectivity index (χ3v) is 4.97. The Bertz CT molecular complexity index is 804. The van der Waals surface area contributed by atoms with E-state index in [1.165, 1.54) is 6.42 Å². The van der Waals surface area contributed by atoms with Crippen LogP contribution in [0.15, 0.2) is 41.2 Å². The molecule has 1 fully saturated rings. The number of carbonyl (C=O) groups is 1. The first kappa shape index (κ1) is 14.2. The van der Waals surface area contributed by atoms with Gasteiger partial charge in [0.1, 0.15) is 0 Å². The largest absolute Gasteiger partial charge is 0.349 e. The second-order valence-electron chi connectivity index (χ2n) is 6.44. The van der Waals surface area contributed by atoms with Gasteiger partial charge in [0.05, 0.1) is 5.56 Å². The van der Waals surface area contributed by atoms with Crippen LogP contribution >= 0.6 is 0 Å². The van der Waals surface area contributed by atoms with E-state index in [9.17, 15) is 9.59 Å². The van der Waals surface area contributed by atoms with Crippen molar-refractivity contribution in [3.05, 3.63) is 58.0 Å². The molecule has 2 aromatic rings. The summed E-state index contributed by atoms with van der Waals surface area (Å²) in [5, 5.41) is 3.14. The maximum atomic E-state index is 12.9. The van der Waals surface area contributed by atoms with Gasteiger partial charge in [0, 0.05) is 29.9 Å². The van der Waals surface area contributed by atoms with Crippen molar-refractivity contribution in [3.63, 3.8) is 0 Å². The molecule has 1 aliphatic carbocycles. The van der Waals surface area contributed by atoms with Crippen LogP contribution in [0.25, 0.3) is 11.1 Å². The van der Waals surface area contributed by atoms with E-state index in [1.807, 2.05) is 30.3 Å². The summed E-state index contributed by atoms with van der Waals surface area (Å²) < 4.78 is 1.77. The number of amides is 1. The van der Waals surface area contributed by atoms with E-state index in [1.54, 1.807) is 10.6 Å². The van der Waals surface area contributed by atoms with Crippen LogP contribution in [0.3, 0.4) is 0 Å². The fourth-order valence-electron chi connectivity index (χ4n) is 3.52. The summed E-state index contributed by atoms with van der Waals surface area (Å²) >= 11 is 0. The Morgan fingerprint density at radius 1 is 1.13 bits per heavy atom. The standard InChI is InChI=1S/C19H20N2O2/c22-17-12-15(13-6-2-1-3-7-13)18(16-10-5-11-21(16)17)19(23)20-14-8-4-9-14/h1-3,6-7,12,14H,4-5,8-11H2,(H,20,23). The first-order chi connectivity index (χ1) is 11.2. The van der Waals surface area contributed by atoms with Crippen LogP contribution in [0.1, 0.15) is 41.7 Å². The van der Waals surface area contributed by atoms with E-state index < -0.39 is 0 Å². The zero-order valence-corrected chi connectivity index (χ0v) is 13.0. The molecular weight excluding hydrogens is 288 g/mol. The van der Waals surface area contributed by atoms with E-state index in [2.05, 4.69) is 5.32 Å². The molecule has 0 saturated heterocycles. The highest BCUT2D eigenvalue weighted by Gasteiger charge is 2.27. The van der Waals surface area contributed by atoms with Gasteiger partial charge in [-0.1, -0.05) is 30.3 Å². The SMILES string of the molecule is O=C(NC1CCC1)c1c(-c2ccccc2)cc(=O)n2c1CCC2. The molecule has 1 saturated carbocycles. The maximum absolute atomic E-state index is 12.9. The molecule has 0 atom stereocenters. The van der Waals surface area contributed by atoms with Crippen LogP contribution in [-0.4, -0.2) is 16.5 Å². The average Bonchev–Trinajstić information content (AvgIpc) is 3.01. The second-order valence-corrected chi connectivity index (χ2v) is 6.44. The summed E-state index contributed by atoms with van der Waals surface area (Å²) in [6, 6.07) is 11.7. The molecule has 2 aliphatic rings. The van der Waals surface area contributed by atoms with Crippen LogP contribution in [0.5, 0.6) is 0 Å². The van der Waals surface area contributed by atoms with Crippen molar-refractivity contribution < 1.29 is 4.79 Å². The van der Waals surface area contributed by atoms with E-state index in [0.717, 1.165) is 42.5 Å². The lowest BCUT2D eigenvalue weighted by Crippen LogP contribution is -2.40. The molecule has 4 nitrogen and oxygen atoms in total. The topological polar surface area (TPSA) is 51.1 Å². The molecule has 0 spiro atoms. The normalized spacial score (nSPS) is 16.7. The van der Waals surface area contributed by atoms with Crippen LogP contribution in [0, 0.1) is 0 Å². The minimum absolute atomic E-state index is 0.00320. The molecular formula is C19H20N2O2. The third kappa shape index (κ3) is 2.48. The highest BCUT2D eigenvalue weighted by molar-refractivity contribution is 6.02. The second kappa shape index (κ2) is 5.69. The van der Waals surface area contributed by atoms with Gasteiger partial charge in [-0.3, -0.25) is 9.59 Å². The van der Waals surface area contributed by atoms with Crippen molar-refractivity contribution in [1.82, 2.24) is 9.88 Å². The van der Waals surface area contributed by atoms with Crippen molar-refractivity contribution in [3.8, 4) is 11.1 Å². The number of fused-ring (bicyclic) bond motifs is 1. The van der Waals surface area contributed by atoms with Gasteiger partial charge in [-0.15, -0.1) is 0 Å². The van der Waals surface area contributed by atoms with Gasteiger partial charge >= 0.3 is 0 Å². The number of aromatic nitrogens is 1. The van der Waals surface area contributed by atoms with E-state index in [-0.39, 0.29) is 11.5 Å². The number of hydrogen-bond donors (Lipinski definition) is 1. The summed E-state index contributed by atoms with van der Waals surface area (Å²) in [4.78, 5) is 25.3. The maximum Gasteiger partial charge on any atom is 0.253 e. The van der Waals surface area contributed by atoms with Crippen LogP contribution in [0.4, 0.5) is 0 Å². The van der Waals surface area contributed by atoms with E-state index in [0.29, 0.717) is 18.2 Å². The van der Waals surface area contributed by atoms with Crippen LogP contribution in [0.2, 0.25) is 0 Å². The highest BCUT2D eigenvalue weighted by atomic mass is 16.2. The van der Waals surface area contributed by atoms with Gasteiger partial charge in [-0.05, 0) is 37.7 Å². The Balaban J connectivity index is 1.85. The lowest BCUT2D eigenvalue weighted by molar-refractivity contribution is 0.0916. The van der Waals surface area contributed by atoms with Crippen molar-refractivity contribution in [2.75, 3.05) is 0 Å². The summed E-state index contributed by atoms with van der Waals surface area (Å²) in [5.41, 5.74) is 3.28. The quantitative estimate of drug-likeness (QED) is 0.948. The van der Waals surface area contributed by atoms with Gasteiger partial charge in [0.15, 0.2) is 0 Å². The fraction of sp³-hybridized carbons (Fsp3) is 0.368. The predicted molar refractivity (Wildman–Crippen MR) is 89.6 cm³/mol. The van der Waals surface area contributed by atoms with Crippen molar-refractivity contribution in [2.45, 2.75) is 44.7 Å². The number of rotatable bonds is 3. The van der Waals surface area contributed by atoms with E-state index in [4.69, 9.17) is 0 Å². The van der Waals surface area contributed by atoms with Gasteiger partial charge in [-0.2, -0.15) is 0 Å². The monoisotopic (exact) mass is 308 g/mol. The van der Waals surface area contributed by atoms with Gasteiger partial charge in [-0.25, -0.2) is 0 Å². The zero-order valence-electron chi connectivity index (χ0n) is 13.0. The number of benzene rings is 1. The number of carbonyl (C=O) groups excluding carboxylic acids is 1. The predicted octanol–water partition coefficient (Wildman–Crippen LogP) is 2.74. The highest BCUT2D eigenvalue weighted by Crippen LogP contribution is 2.29. The van der Waals surface area contributed by atoms with Gasteiger partial charge in [0.25, 0.3) is 11.5 Å². The summed E-state index contributed by atoms with van der Waals surface area (Å²) in [6.07, 6.45) is 5.02. The van der Waals surface area contributed by atoms with Crippen LogP contribution < -0.4 is 10.9 Å². The molecule has 4 heteroatoms. The lowest BCUT2D eigenvalue weighted by atomic mass is 9.91. The van der Waals surface area contributed by atoms with Gasteiger partial charge < -0.3 is 9.88 Å². The molecule has 1 aromatic heterocycles. The average molecular weight is 308 g/mol. The van der Waals surface area contributed by atoms with Crippen molar-refractivity contribution in [1.29, 1.82) is 0 Å². The molecule has 4 rings (SSSR count). The lowest BCUT2D eigenvalue weighted by Gasteiger charge is -2.27. The summed E-state index contributed by atoms with van der Waals surface area (Å²) in [7, 11) is 0. The Hall–Kier alpha value is -2.36. The molecule has 1 N–H and O–H groups in total. The van der Waals surface area contributed by atoms with Crippen molar-refractivity contribution in [2.24, 2.45) is 0 Å². The molecule has 23 heavy (non-hydrogen) atoms. The zero-order chi connectivity index (χ0) is 15.8. The Morgan fingerprint density at radius 2 is 1.91 bits per heavy atom. The van der Waals surface area contributed by atoms with E-state index >= 15 is 0 Å². The first-order valence-corrected chi connectivity index (χ1v) is 8.37. The number of pyridine rings is 1. The summed E-state index contributed by atoms with van der Waals surface area (Å²) in [5.74, 6) is -0.0285. The molecule has 0 unspecified atom stereocenters. The van der Waals surface area contributed by atoms with Gasteiger partial charge in [0.2, 0.25) is 0 Å². The fourth-order valence-corrected chi connectivity index (χ4v) is 3.52. The number of nitrogens with one attached hydrogen (secondary N) is 1. The Morgan fingerprint density at radius 3 is 2.61 bits per heavy atom. The summed E-state index contributed by atoms with van der Waals surface area (Å²) in [6.45, 7) is 0.715. The van der Waals surface area contributed by atoms with Crippen LogP contribution in [-0.2, 0) is 13.0 Å². The Kier molecular flexibility index (Phi) is 3.52. The minimum atomic E-state index is -0.0285. The smallest absolute Gasteiger partial charge is 0.253 e. The molecule has 118 valence electrons. The number of hydrogen-bond acceptors (Lipinski definition) is 2. The molecule has 1 aromatic carbocycles. The molecule has 0 radical (unpaired) electrons. The molecule has 1 amide bonds. The molecule has 0 bridgehead atoms. The molecule has 1 aliphatic heterocycles.